The minimum absolute atomic E-state index is 0.312. The van der Waals surface area contributed by atoms with Gasteiger partial charge >= 0.3 is 5.97 Å². The number of carbonyl (C=O) groups excluding carboxylic acids is 1. The van der Waals surface area contributed by atoms with E-state index in [-0.39, 0.29) is 5.97 Å². The second kappa shape index (κ2) is 9.73. The van der Waals surface area contributed by atoms with E-state index in [0.29, 0.717) is 17.9 Å². The van der Waals surface area contributed by atoms with Gasteiger partial charge in [0.05, 0.1) is 6.61 Å². The average molecular weight is 388 g/mol. The first-order chi connectivity index (χ1) is 13.2. The predicted octanol–water partition coefficient (Wildman–Crippen LogP) is 5.92. The molecule has 4 heteroatoms. The Morgan fingerprint density at radius 2 is 1.56 bits per heavy atom. The molecule has 0 aliphatic heterocycles. The molecule has 0 saturated heterocycles. The van der Waals surface area contributed by atoms with Crippen molar-refractivity contribution >= 4 is 24.5 Å². The second-order valence-corrected chi connectivity index (χ2v) is 11.3. The fraction of sp³-hybridized carbons (Fsp3) is 0.609. The summed E-state index contributed by atoms with van der Waals surface area (Å²) in [6, 6.07) is 8.05. The van der Waals surface area contributed by atoms with Gasteiger partial charge in [0, 0.05) is 22.7 Å². The summed E-state index contributed by atoms with van der Waals surface area (Å²) in [5, 5.41) is 1.00. The second-order valence-electron chi connectivity index (χ2n) is 7.94. The highest BCUT2D eigenvalue weighted by molar-refractivity contribution is 7.73. The SMILES string of the molecule is CCOC(=O)/C=C/c1ccccc1P(=O)(C1CCCCC1)C1CCCCC1. The highest BCUT2D eigenvalue weighted by Crippen LogP contribution is 2.62. The quantitative estimate of drug-likeness (QED) is 0.345. The predicted molar refractivity (Wildman–Crippen MR) is 113 cm³/mol. The molecule has 0 N–H and O–H groups in total. The summed E-state index contributed by atoms with van der Waals surface area (Å²) < 4.78 is 19.8. The molecule has 0 heterocycles. The van der Waals surface area contributed by atoms with Crippen molar-refractivity contribution in [3.63, 3.8) is 0 Å². The molecule has 3 nitrogen and oxygen atoms in total. The standard InChI is InChI=1S/C23H33O3P/c1-2-26-23(24)18-17-19-11-9-10-16-22(19)27(25,20-12-5-3-6-13-20)21-14-7-4-8-15-21/h9-11,16-18,20-21H,2-8,12-15H2,1H3/b18-17+. The van der Waals surface area contributed by atoms with Crippen LogP contribution in [0.2, 0.25) is 0 Å². The Bertz CT molecular complexity index is 675. The van der Waals surface area contributed by atoms with Gasteiger partial charge in [0.15, 0.2) is 0 Å². The number of rotatable bonds is 6. The van der Waals surface area contributed by atoms with E-state index in [1.807, 2.05) is 24.3 Å². The van der Waals surface area contributed by atoms with Gasteiger partial charge in [-0.05, 0) is 44.2 Å². The summed E-state index contributed by atoms with van der Waals surface area (Å²) in [7, 11) is -2.54. The molecule has 3 rings (SSSR count). The smallest absolute Gasteiger partial charge is 0.330 e. The van der Waals surface area contributed by atoms with Crippen molar-refractivity contribution in [2.45, 2.75) is 82.4 Å². The minimum Gasteiger partial charge on any atom is -0.463 e. The molecular formula is C23H33O3P. The molecule has 2 fully saturated rings. The lowest BCUT2D eigenvalue weighted by atomic mass is 9.99. The zero-order valence-electron chi connectivity index (χ0n) is 16.6. The van der Waals surface area contributed by atoms with Gasteiger partial charge in [0.2, 0.25) is 0 Å². The summed E-state index contributed by atoms with van der Waals surface area (Å²) in [5.74, 6) is -0.336. The van der Waals surface area contributed by atoms with Crippen LogP contribution in [0.5, 0.6) is 0 Å². The van der Waals surface area contributed by atoms with Gasteiger partial charge in [0.1, 0.15) is 7.14 Å². The number of hydrogen-bond donors (Lipinski definition) is 0. The van der Waals surface area contributed by atoms with Gasteiger partial charge in [-0.2, -0.15) is 0 Å². The molecule has 0 spiro atoms. The van der Waals surface area contributed by atoms with Gasteiger partial charge in [-0.25, -0.2) is 4.79 Å². The van der Waals surface area contributed by atoms with Crippen LogP contribution in [-0.2, 0) is 14.1 Å². The molecule has 0 radical (unpaired) electrons. The van der Waals surface area contributed by atoms with Crippen LogP contribution < -0.4 is 5.30 Å². The van der Waals surface area contributed by atoms with Crippen LogP contribution in [0.4, 0.5) is 0 Å². The molecule has 0 unspecified atom stereocenters. The first-order valence-electron chi connectivity index (χ1n) is 10.7. The third kappa shape index (κ3) is 4.74. The zero-order chi connectivity index (χ0) is 19.1. The Labute approximate surface area is 163 Å². The van der Waals surface area contributed by atoms with E-state index >= 15 is 0 Å². The first-order valence-corrected chi connectivity index (χ1v) is 12.5. The fourth-order valence-corrected chi connectivity index (χ4v) is 9.44. The maximum absolute atomic E-state index is 14.8. The average Bonchev–Trinajstić information content (AvgIpc) is 2.73. The Balaban J connectivity index is 1.99. The molecule has 0 amide bonds. The van der Waals surface area contributed by atoms with E-state index in [9.17, 15) is 9.36 Å². The van der Waals surface area contributed by atoms with Crippen molar-refractivity contribution < 1.29 is 14.1 Å². The van der Waals surface area contributed by atoms with Crippen LogP contribution in [-0.4, -0.2) is 23.9 Å². The third-order valence-corrected chi connectivity index (χ3v) is 10.6. The molecule has 1 aromatic carbocycles. The molecule has 2 aliphatic rings. The van der Waals surface area contributed by atoms with E-state index in [1.165, 1.54) is 44.6 Å². The Hall–Kier alpha value is -1.34. The molecule has 0 aromatic heterocycles. The van der Waals surface area contributed by atoms with Crippen LogP contribution in [0.25, 0.3) is 6.08 Å². The van der Waals surface area contributed by atoms with Gasteiger partial charge < -0.3 is 9.30 Å². The lowest BCUT2D eigenvalue weighted by Crippen LogP contribution is -2.30. The van der Waals surface area contributed by atoms with E-state index < -0.39 is 7.14 Å². The molecule has 2 saturated carbocycles. The molecule has 1 aromatic rings. The molecule has 2 aliphatic carbocycles. The highest BCUT2D eigenvalue weighted by atomic mass is 31.2. The molecular weight excluding hydrogens is 355 g/mol. The molecule has 0 atom stereocenters. The monoisotopic (exact) mass is 388 g/mol. The topological polar surface area (TPSA) is 43.4 Å². The summed E-state index contributed by atoms with van der Waals surface area (Å²) in [6.45, 7) is 2.17. The number of hydrogen-bond acceptors (Lipinski definition) is 3. The minimum atomic E-state index is -2.54. The van der Waals surface area contributed by atoms with Gasteiger partial charge in [0.25, 0.3) is 0 Å². The summed E-state index contributed by atoms with van der Waals surface area (Å²) in [6.07, 6.45) is 15.0. The lowest BCUT2D eigenvalue weighted by molar-refractivity contribution is -0.137. The van der Waals surface area contributed by atoms with Crippen LogP contribution >= 0.6 is 7.14 Å². The van der Waals surface area contributed by atoms with Gasteiger partial charge in [-0.3, -0.25) is 0 Å². The number of benzene rings is 1. The van der Waals surface area contributed by atoms with Crippen molar-refractivity contribution in [2.24, 2.45) is 0 Å². The van der Waals surface area contributed by atoms with Crippen molar-refractivity contribution in [3.05, 3.63) is 35.9 Å². The van der Waals surface area contributed by atoms with Crippen molar-refractivity contribution in [1.82, 2.24) is 0 Å². The highest BCUT2D eigenvalue weighted by Gasteiger charge is 2.43. The van der Waals surface area contributed by atoms with E-state index in [0.717, 1.165) is 36.6 Å². The third-order valence-electron chi connectivity index (χ3n) is 6.23. The number of ether oxygens (including phenoxy) is 1. The van der Waals surface area contributed by atoms with E-state index in [4.69, 9.17) is 4.74 Å². The van der Waals surface area contributed by atoms with E-state index in [2.05, 4.69) is 6.07 Å². The van der Waals surface area contributed by atoms with Gasteiger partial charge in [-0.15, -0.1) is 0 Å². The summed E-state index contributed by atoms with van der Waals surface area (Å²) >= 11 is 0. The van der Waals surface area contributed by atoms with Crippen molar-refractivity contribution in [3.8, 4) is 0 Å². The number of esters is 1. The van der Waals surface area contributed by atoms with E-state index in [1.54, 1.807) is 6.92 Å². The van der Waals surface area contributed by atoms with Crippen molar-refractivity contribution in [1.29, 1.82) is 0 Å². The Morgan fingerprint density at radius 1 is 1.00 bits per heavy atom. The molecule has 0 bridgehead atoms. The largest absolute Gasteiger partial charge is 0.463 e. The van der Waals surface area contributed by atoms with Crippen LogP contribution in [0.3, 0.4) is 0 Å². The molecule has 27 heavy (non-hydrogen) atoms. The maximum atomic E-state index is 14.8. The maximum Gasteiger partial charge on any atom is 0.330 e. The Kier molecular flexibility index (Phi) is 7.35. The Morgan fingerprint density at radius 3 is 2.11 bits per heavy atom. The number of carbonyl (C=O) groups is 1. The fourth-order valence-electron chi connectivity index (χ4n) is 4.92. The zero-order valence-corrected chi connectivity index (χ0v) is 17.5. The first kappa shape index (κ1) is 20.4. The molecule has 148 valence electrons. The summed E-state index contributed by atoms with van der Waals surface area (Å²) in [4.78, 5) is 11.8. The van der Waals surface area contributed by atoms with Crippen LogP contribution in [0, 0.1) is 0 Å². The summed E-state index contributed by atoms with van der Waals surface area (Å²) in [5.41, 5.74) is 1.56. The van der Waals surface area contributed by atoms with Crippen LogP contribution in [0.1, 0.15) is 76.7 Å². The van der Waals surface area contributed by atoms with Crippen LogP contribution in [0.15, 0.2) is 30.3 Å². The lowest BCUT2D eigenvalue weighted by Gasteiger charge is -2.39. The normalized spacial score (nSPS) is 20.0. The van der Waals surface area contributed by atoms with Gasteiger partial charge in [-0.1, -0.05) is 62.8 Å². The van der Waals surface area contributed by atoms with Crippen molar-refractivity contribution in [2.75, 3.05) is 6.61 Å².